The van der Waals surface area contributed by atoms with E-state index < -0.39 is 0 Å². The van der Waals surface area contributed by atoms with Crippen molar-refractivity contribution in [1.82, 2.24) is 10.6 Å². The molecule has 1 saturated heterocycles. The highest BCUT2D eigenvalue weighted by Crippen LogP contribution is 2.28. The number of anilines is 1. The monoisotopic (exact) mass is 496 g/mol. The van der Waals surface area contributed by atoms with Crippen LogP contribution in [0.5, 0.6) is 0 Å². The minimum Gasteiger partial charge on any atom is -0.385 e. The quantitative estimate of drug-likeness (QED) is 0.275. The Morgan fingerprint density at radius 2 is 2.22 bits per heavy atom. The van der Waals surface area contributed by atoms with E-state index in [9.17, 15) is 0 Å². The highest BCUT2D eigenvalue weighted by molar-refractivity contribution is 14.0. The third-order valence-corrected chi connectivity index (χ3v) is 4.43. The second-order valence-electron chi connectivity index (χ2n) is 5.37. The molecule has 0 aliphatic carbocycles. The molecule has 23 heavy (non-hydrogen) atoms. The van der Waals surface area contributed by atoms with Gasteiger partial charge in [-0.05, 0) is 40.9 Å². The van der Waals surface area contributed by atoms with Crippen molar-refractivity contribution < 1.29 is 4.74 Å². The summed E-state index contributed by atoms with van der Waals surface area (Å²) in [5.41, 5.74) is 1.26. The lowest BCUT2D eigenvalue weighted by atomic mass is 10.2. The Morgan fingerprint density at radius 1 is 1.43 bits per heavy atom. The van der Waals surface area contributed by atoms with Gasteiger partial charge in [0.2, 0.25) is 0 Å². The zero-order chi connectivity index (χ0) is 15.8. The Kier molecular flexibility index (Phi) is 9.89. The highest BCUT2D eigenvalue weighted by Gasteiger charge is 2.24. The largest absolute Gasteiger partial charge is 0.385 e. The predicted molar refractivity (Wildman–Crippen MR) is 111 cm³/mol. The van der Waals surface area contributed by atoms with E-state index in [2.05, 4.69) is 54.7 Å². The van der Waals surface area contributed by atoms with Crippen molar-refractivity contribution in [2.45, 2.75) is 18.9 Å². The van der Waals surface area contributed by atoms with Crippen LogP contribution in [0.15, 0.2) is 33.7 Å². The molecular formula is C16H26BrIN4O. The Bertz CT molecular complexity index is 501. The second-order valence-corrected chi connectivity index (χ2v) is 6.23. The van der Waals surface area contributed by atoms with E-state index in [1.807, 2.05) is 13.1 Å². The van der Waals surface area contributed by atoms with Crippen molar-refractivity contribution in [2.24, 2.45) is 4.99 Å². The molecule has 0 aromatic heterocycles. The lowest BCUT2D eigenvalue weighted by molar-refractivity contribution is 0.195. The zero-order valence-electron chi connectivity index (χ0n) is 13.7. The minimum absolute atomic E-state index is 0. The van der Waals surface area contributed by atoms with E-state index >= 15 is 0 Å². The van der Waals surface area contributed by atoms with Crippen molar-refractivity contribution in [1.29, 1.82) is 0 Å². The number of para-hydroxylation sites is 1. The molecule has 1 unspecified atom stereocenters. The number of guanidine groups is 1. The first-order valence-electron chi connectivity index (χ1n) is 7.70. The number of nitrogens with zero attached hydrogens (tertiary/aromatic N) is 2. The van der Waals surface area contributed by atoms with Gasteiger partial charge in [0.25, 0.3) is 0 Å². The molecule has 1 aromatic carbocycles. The molecule has 0 saturated carbocycles. The number of benzene rings is 1. The van der Waals surface area contributed by atoms with Crippen molar-refractivity contribution in [3.05, 3.63) is 28.7 Å². The van der Waals surface area contributed by atoms with Crippen LogP contribution in [0.2, 0.25) is 0 Å². The average Bonchev–Trinajstić information content (AvgIpc) is 2.99. The van der Waals surface area contributed by atoms with Gasteiger partial charge in [0.1, 0.15) is 0 Å². The third kappa shape index (κ3) is 6.46. The summed E-state index contributed by atoms with van der Waals surface area (Å²) in [5, 5.41) is 6.83. The molecule has 2 rings (SSSR count). The van der Waals surface area contributed by atoms with E-state index in [-0.39, 0.29) is 24.0 Å². The third-order valence-electron chi connectivity index (χ3n) is 3.76. The number of nitrogens with one attached hydrogen (secondary N) is 2. The maximum Gasteiger partial charge on any atom is 0.191 e. The van der Waals surface area contributed by atoms with Crippen LogP contribution >= 0.6 is 39.9 Å². The van der Waals surface area contributed by atoms with Gasteiger partial charge in [-0.1, -0.05) is 12.1 Å². The molecule has 2 N–H and O–H groups in total. The molecule has 1 fully saturated rings. The van der Waals surface area contributed by atoms with E-state index in [0.29, 0.717) is 6.04 Å². The first kappa shape index (κ1) is 20.5. The van der Waals surface area contributed by atoms with Crippen molar-refractivity contribution in [3.8, 4) is 0 Å². The summed E-state index contributed by atoms with van der Waals surface area (Å²) in [6.07, 6.45) is 2.09. The summed E-state index contributed by atoms with van der Waals surface area (Å²) in [6.45, 7) is 3.68. The van der Waals surface area contributed by atoms with E-state index in [1.165, 1.54) is 5.69 Å². The molecule has 0 amide bonds. The van der Waals surface area contributed by atoms with Crippen LogP contribution in [-0.4, -0.2) is 52.4 Å². The van der Waals surface area contributed by atoms with Crippen LogP contribution in [0.4, 0.5) is 5.69 Å². The lowest BCUT2D eigenvalue weighted by Crippen LogP contribution is -2.45. The van der Waals surface area contributed by atoms with Gasteiger partial charge < -0.3 is 20.3 Å². The topological polar surface area (TPSA) is 48.9 Å². The minimum atomic E-state index is 0. The first-order valence-corrected chi connectivity index (χ1v) is 8.49. The number of halogens is 2. The summed E-state index contributed by atoms with van der Waals surface area (Å²) in [6, 6.07) is 8.79. The smallest absolute Gasteiger partial charge is 0.191 e. The normalized spacial score (nSPS) is 17.8. The number of ether oxygens (including phenoxy) is 1. The molecule has 1 aliphatic heterocycles. The van der Waals surface area contributed by atoms with Crippen LogP contribution in [0.25, 0.3) is 0 Å². The van der Waals surface area contributed by atoms with Gasteiger partial charge in [-0.15, -0.1) is 24.0 Å². The van der Waals surface area contributed by atoms with Crippen molar-refractivity contribution >= 4 is 51.6 Å². The van der Waals surface area contributed by atoms with Gasteiger partial charge in [-0.25, -0.2) is 0 Å². The maximum absolute atomic E-state index is 5.05. The highest BCUT2D eigenvalue weighted by atomic mass is 127. The molecule has 1 heterocycles. The number of rotatable bonds is 6. The standard InChI is InChI=1S/C16H25BrN4O.HI/c1-18-16(19-9-5-11-22-2)20-13-8-10-21(12-13)15-7-4-3-6-14(15)17;/h3-4,6-7,13H,5,8-12H2,1-2H3,(H2,18,19,20);1H. The molecule has 0 bridgehead atoms. The van der Waals surface area contributed by atoms with Crippen molar-refractivity contribution in [2.75, 3.05) is 45.3 Å². The Labute approximate surface area is 164 Å². The fraction of sp³-hybridized carbons (Fsp3) is 0.562. The molecule has 7 heteroatoms. The van der Waals surface area contributed by atoms with Gasteiger partial charge in [-0.2, -0.15) is 0 Å². The molecule has 1 atom stereocenters. The fourth-order valence-electron chi connectivity index (χ4n) is 2.62. The Hall–Kier alpha value is -0.540. The van der Waals surface area contributed by atoms with Gasteiger partial charge >= 0.3 is 0 Å². The molecule has 0 radical (unpaired) electrons. The Morgan fingerprint density at radius 3 is 2.91 bits per heavy atom. The molecule has 130 valence electrons. The first-order chi connectivity index (χ1) is 10.7. The van der Waals surface area contributed by atoms with E-state index in [4.69, 9.17) is 4.74 Å². The second kappa shape index (κ2) is 11.1. The number of aliphatic imine (C=N–C) groups is 1. The molecular weight excluding hydrogens is 471 g/mol. The van der Waals surface area contributed by atoms with Crippen molar-refractivity contribution in [3.63, 3.8) is 0 Å². The molecule has 1 aromatic rings. The van der Waals surface area contributed by atoms with Crippen LogP contribution < -0.4 is 15.5 Å². The molecule has 1 aliphatic rings. The summed E-state index contributed by atoms with van der Waals surface area (Å²) < 4.78 is 6.20. The fourth-order valence-corrected chi connectivity index (χ4v) is 3.15. The summed E-state index contributed by atoms with van der Waals surface area (Å²) in [7, 11) is 3.54. The van der Waals surface area contributed by atoms with Crippen LogP contribution in [0, 0.1) is 0 Å². The number of hydrogen-bond donors (Lipinski definition) is 2. The summed E-state index contributed by atoms with van der Waals surface area (Å²) in [4.78, 5) is 6.69. The average molecular weight is 497 g/mol. The van der Waals surface area contributed by atoms with Gasteiger partial charge in [0, 0.05) is 50.9 Å². The maximum atomic E-state index is 5.05. The predicted octanol–water partition coefficient (Wildman–Crippen LogP) is 2.85. The summed E-state index contributed by atoms with van der Waals surface area (Å²) in [5.74, 6) is 0.870. The van der Waals surface area contributed by atoms with Gasteiger partial charge in [-0.3, -0.25) is 4.99 Å². The molecule has 0 spiro atoms. The lowest BCUT2D eigenvalue weighted by Gasteiger charge is -2.21. The van der Waals surface area contributed by atoms with Crippen LogP contribution in [-0.2, 0) is 4.74 Å². The number of methoxy groups -OCH3 is 1. The van der Waals surface area contributed by atoms with Crippen LogP contribution in [0.1, 0.15) is 12.8 Å². The van der Waals surface area contributed by atoms with E-state index in [0.717, 1.165) is 49.5 Å². The number of hydrogen-bond acceptors (Lipinski definition) is 3. The van der Waals surface area contributed by atoms with Gasteiger partial charge in [0.15, 0.2) is 5.96 Å². The zero-order valence-corrected chi connectivity index (χ0v) is 17.6. The summed E-state index contributed by atoms with van der Waals surface area (Å²) >= 11 is 3.63. The van der Waals surface area contributed by atoms with Gasteiger partial charge in [0.05, 0.1) is 5.69 Å². The van der Waals surface area contributed by atoms with E-state index in [1.54, 1.807) is 7.11 Å². The Balaban J connectivity index is 0.00000264. The molecule has 5 nitrogen and oxygen atoms in total. The van der Waals surface area contributed by atoms with Crippen LogP contribution in [0.3, 0.4) is 0 Å². The SMILES string of the molecule is CN=C(NCCCOC)NC1CCN(c2ccccc2Br)C1.I.